The van der Waals surface area contributed by atoms with E-state index < -0.39 is 12.4 Å². The fourth-order valence-electron chi connectivity index (χ4n) is 4.40. The highest BCUT2D eigenvalue weighted by Gasteiger charge is 2.44. The lowest BCUT2D eigenvalue weighted by molar-refractivity contribution is 0.0696. The molecule has 2 N–H and O–H groups in total. The number of anilines is 1. The normalized spacial score (nSPS) is 20.5. The van der Waals surface area contributed by atoms with Crippen LogP contribution in [0.1, 0.15) is 78.7 Å². The summed E-state index contributed by atoms with van der Waals surface area (Å²) in [5.41, 5.74) is -0.748. The van der Waals surface area contributed by atoms with Crippen LogP contribution in [0.3, 0.4) is 0 Å². The first kappa shape index (κ1) is 21.6. The lowest BCUT2D eigenvalue weighted by Gasteiger charge is -2.23. The lowest BCUT2D eigenvalue weighted by Crippen LogP contribution is -2.35. The van der Waals surface area contributed by atoms with E-state index in [0.717, 1.165) is 37.0 Å². The number of aromatic nitrogens is 2. The Morgan fingerprint density at radius 2 is 1.84 bits per heavy atom. The van der Waals surface area contributed by atoms with E-state index in [9.17, 15) is 23.5 Å². The second kappa shape index (κ2) is 7.81. The third kappa shape index (κ3) is 4.13. The maximum atomic E-state index is 14.0. The maximum absolute atomic E-state index is 14.0. The van der Waals surface area contributed by atoms with Crippen LogP contribution in [0.15, 0.2) is 12.3 Å². The van der Waals surface area contributed by atoms with E-state index in [1.807, 2.05) is 20.8 Å². The van der Waals surface area contributed by atoms with Crippen molar-refractivity contribution in [1.82, 2.24) is 14.9 Å². The molecule has 2 aliphatic rings. The number of hydrogen-bond acceptors (Lipinski definition) is 6. The zero-order valence-electron chi connectivity index (χ0n) is 17.5. The first-order valence-corrected chi connectivity index (χ1v) is 11.0. The molecular weight excluding hydrogens is 426 g/mol. The van der Waals surface area contributed by atoms with E-state index >= 15 is 0 Å². The quantitative estimate of drug-likeness (QED) is 0.678. The van der Waals surface area contributed by atoms with Crippen LogP contribution in [0, 0.1) is 0 Å². The van der Waals surface area contributed by atoms with Crippen LogP contribution in [-0.4, -0.2) is 49.5 Å². The number of alkyl halides is 2. The van der Waals surface area contributed by atoms with E-state index in [4.69, 9.17) is 0 Å². The van der Waals surface area contributed by atoms with Crippen LogP contribution in [0.2, 0.25) is 0 Å². The Morgan fingerprint density at radius 3 is 2.35 bits per heavy atom. The van der Waals surface area contributed by atoms with Crippen LogP contribution >= 0.6 is 11.3 Å². The molecule has 4 rings (SSSR count). The van der Waals surface area contributed by atoms with Gasteiger partial charge in [-0.25, -0.2) is 23.5 Å². The number of carboxylic acids is 1. The van der Waals surface area contributed by atoms with Crippen LogP contribution in [0.25, 0.3) is 10.4 Å². The van der Waals surface area contributed by atoms with Gasteiger partial charge in [-0.1, -0.05) is 0 Å². The standard InChI is InChI=1S/C21H24F2N4O3S/c1-21(2,3)26-14-8-12(17(22)23)13(9-24-14)16-15(25-18(31-16)20(29)30)19(28)27-10-4-5-11(27)7-6-10/h8-11,17H,4-7H2,1-3H3,(H,24,26)(H,29,30). The maximum Gasteiger partial charge on any atom is 0.365 e. The van der Waals surface area contributed by atoms with E-state index in [-0.39, 0.29) is 56.1 Å². The van der Waals surface area contributed by atoms with Gasteiger partial charge in [0.2, 0.25) is 5.01 Å². The van der Waals surface area contributed by atoms with Crippen molar-refractivity contribution in [3.05, 3.63) is 28.5 Å². The third-order valence-electron chi connectivity index (χ3n) is 5.62. The number of amides is 1. The molecule has 31 heavy (non-hydrogen) atoms. The van der Waals surface area contributed by atoms with Gasteiger partial charge in [0.05, 0.1) is 4.88 Å². The number of carboxylic acid groups (broad SMARTS) is 1. The minimum absolute atomic E-state index is 0.0364. The number of fused-ring (bicyclic) bond motifs is 2. The monoisotopic (exact) mass is 450 g/mol. The van der Waals surface area contributed by atoms with Crippen LogP contribution in [-0.2, 0) is 0 Å². The zero-order valence-corrected chi connectivity index (χ0v) is 18.3. The fraction of sp³-hybridized carbons (Fsp3) is 0.524. The molecule has 0 spiro atoms. The van der Waals surface area contributed by atoms with Gasteiger partial charge in [-0.2, -0.15) is 0 Å². The van der Waals surface area contributed by atoms with Gasteiger partial charge in [0.15, 0.2) is 0 Å². The van der Waals surface area contributed by atoms with Gasteiger partial charge < -0.3 is 15.3 Å². The Kier molecular flexibility index (Phi) is 5.45. The molecule has 0 unspecified atom stereocenters. The first-order chi connectivity index (χ1) is 14.5. The summed E-state index contributed by atoms with van der Waals surface area (Å²) < 4.78 is 28.0. The Bertz CT molecular complexity index is 1010. The molecule has 2 aromatic rings. The number of aromatic carboxylic acids is 1. The summed E-state index contributed by atoms with van der Waals surface area (Å²) in [6, 6.07) is 1.46. The molecule has 0 radical (unpaired) electrons. The molecule has 2 saturated heterocycles. The highest BCUT2D eigenvalue weighted by Crippen LogP contribution is 2.42. The molecule has 7 nitrogen and oxygen atoms in total. The van der Waals surface area contributed by atoms with Crippen molar-refractivity contribution in [1.29, 1.82) is 0 Å². The van der Waals surface area contributed by atoms with E-state index in [0.29, 0.717) is 0 Å². The van der Waals surface area contributed by atoms with Gasteiger partial charge in [0, 0.05) is 34.9 Å². The third-order valence-corrected chi connectivity index (χ3v) is 6.70. The molecular formula is C21H24F2N4O3S. The molecule has 0 saturated carbocycles. The molecule has 10 heteroatoms. The summed E-state index contributed by atoms with van der Waals surface area (Å²) in [7, 11) is 0. The van der Waals surface area contributed by atoms with Gasteiger partial charge in [-0.05, 0) is 52.5 Å². The molecule has 0 aliphatic carbocycles. The van der Waals surface area contributed by atoms with Gasteiger partial charge >= 0.3 is 5.97 Å². The second-order valence-corrected chi connectivity index (χ2v) is 10.0. The number of halogens is 2. The molecule has 0 atom stereocenters. The molecule has 1 amide bonds. The van der Waals surface area contributed by atoms with Crippen molar-refractivity contribution >= 4 is 29.0 Å². The molecule has 0 aromatic carbocycles. The van der Waals surface area contributed by atoms with Crippen LogP contribution in [0.4, 0.5) is 14.6 Å². The van der Waals surface area contributed by atoms with E-state index in [1.54, 1.807) is 4.90 Å². The van der Waals surface area contributed by atoms with Gasteiger partial charge in [0.25, 0.3) is 12.3 Å². The molecule has 2 fully saturated rings. The minimum Gasteiger partial charge on any atom is -0.476 e. The highest BCUT2D eigenvalue weighted by molar-refractivity contribution is 7.17. The van der Waals surface area contributed by atoms with Crippen molar-refractivity contribution < 1.29 is 23.5 Å². The smallest absolute Gasteiger partial charge is 0.365 e. The van der Waals surface area contributed by atoms with Crippen molar-refractivity contribution in [2.24, 2.45) is 0 Å². The number of thiazole rings is 1. The Balaban J connectivity index is 1.80. The number of carbonyl (C=O) groups excluding carboxylic acids is 1. The molecule has 166 valence electrons. The van der Waals surface area contributed by atoms with Gasteiger partial charge in [-0.3, -0.25) is 4.79 Å². The predicted octanol–water partition coefficient (Wildman–Crippen LogP) is 4.82. The summed E-state index contributed by atoms with van der Waals surface area (Å²) in [5, 5.41) is 12.2. The predicted molar refractivity (Wildman–Crippen MR) is 113 cm³/mol. The Labute approximate surface area is 182 Å². The average molecular weight is 451 g/mol. The van der Waals surface area contributed by atoms with Gasteiger partial charge in [-0.15, -0.1) is 11.3 Å². The SMILES string of the molecule is CC(C)(C)Nc1cc(C(F)F)c(-c2sc(C(=O)O)nc2C(=O)N2C3CCC2CC3)cn1. The van der Waals surface area contributed by atoms with Crippen molar-refractivity contribution in [2.75, 3.05) is 5.32 Å². The number of nitrogens with one attached hydrogen (secondary N) is 1. The summed E-state index contributed by atoms with van der Waals surface area (Å²) >= 11 is 0.729. The lowest BCUT2D eigenvalue weighted by atomic mass is 10.0. The number of nitrogens with zero attached hydrogens (tertiary/aromatic N) is 3. The number of pyridine rings is 1. The number of carbonyl (C=O) groups is 2. The Hall–Kier alpha value is -2.62. The molecule has 2 bridgehead atoms. The summed E-state index contributed by atoms with van der Waals surface area (Å²) in [5.74, 6) is -1.41. The van der Waals surface area contributed by atoms with E-state index in [1.165, 1.54) is 12.3 Å². The minimum atomic E-state index is -2.83. The van der Waals surface area contributed by atoms with Crippen molar-refractivity contribution in [3.8, 4) is 10.4 Å². The topological polar surface area (TPSA) is 95.4 Å². The average Bonchev–Trinajstić information content (AvgIpc) is 3.40. The van der Waals surface area contributed by atoms with Crippen molar-refractivity contribution in [2.45, 2.75) is 70.5 Å². The fourth-order valence-corrected chi connectivity index (χ4v) is 5.33. The molecule has 2 aliphatic heterocycles. The van der Waals surface area contributed by atoms with Gasteiger partial charge in [0.1, 0.15) is 11.5 Å². The first-order valence-electron chi connectivity index (χ1n) is 10.2. The summed E-state index contributed by atoms with van der Waals surface area (Å²) in [6.07, 6.45) is 2.04. The number of rotatable bonds is 5. The largest absolute Gasteiger partial charge is 0.476 e. The summed E-state index contributed by atoms with van der Waals surface area (Å²) in [6.45, 7) is 5.65. The summed E-state index contributed by atoms with van der Waals surface area (Å²) in [4.78, 5) is 35.1. The Morgan fingerprint density at radius 1 is 1.23 bits per heavy atom. The number of hydrogen-bond donors (Lipinski definition) is 2. The van der Waals surface area contributed by atoms with Crippen LogP contribution in [0.5, 0.6) is 0 Å². The van der Waals surface area contributed by atoms with Crippen LogP contribution < -0.4 is 5.32 Å². The molecule has 4 heterocycles. The highest BCUT2D eigenvalue weighted by atomic mass is 32.1. The van der Waals surface area contributed by atoms with E-state index in [2.05, 4.69) is 15.3 Å². The molecule has 2 aromatic heterocycles. The van der Waals surface area contributed by atoms with Crippen molar-refractivity contribution in [3.63, 3.8) is 0 Å². The zero-order chi connectivity index (χ0) is 22.5. The second-order valence-electron chi connectivity index (χ2n) is 9.01.